The highest BCUT2D eigenvalue weighted by atomic mass is 35.5. The summed E-state index contributed by atoms with van der Waals surface area (Å²) in [5, 5.41) is 3.38. The lowest BCUT2D eigenvalue weighted by atomic mass is 10.0. The van der Waals surface area contributed by atoms with Crippen LogP contribution in [0.1, 0.15) is 11.1 Å². The number of carbonyl (C=O) groups excluding carboxylic acids is 1. The molecule has 1 heterocycles. The van der Waals surface area contributed by atoms with E-state index >= 15 is 0 Å². The molecule has 2 aromatic carbocycles. The molecule has 0 atom stereocenters. The van der Waals surface area contributed by atoms with Crippen molar-refractivity contribution in [2.24, 2.45) is 0 Å². The quantitative estimate of drug-likeness (QED) is 0.855. The summed E-state index contributed by atoms with van der Waals surface area (Å²) < 4.78 is 16.0. The Morgan fingerprint density at radius 1 is 1.00 bits per heavy atom. The van der Waals surface area contributed by atoms with Crippen molar-refractivity contribution in [3.8, 4) is 17.2 Å². The minimum Gasteiger partial charge on any atom is -0.493 e. The van der Waals surface area contributed by atoms with E-state index in [0.29, 0.717) is 33.5 Å². The minimum absolute atomic E-state index is 0.180. The molecular weight excluding hydrogens is 330 g/mol. The highest BCUT2D eigenvalue weighted by Gasteiger charge is 2.24. The van der Waals surface area contributed by atoms with Gasteiger partial charge in [-0.2, -0.15) is 0 Å². The zero-order chi connectivity index (χ0) is 17.3. The Labute approximate surface area is 144 Å². The van der Waals surface area contributed by atoms with Gasteiger partial charge in [-0.15, -0.1) is 0 Å². The molecule has 0 unspecified atom stereocenters. The Balaban J connectivity index is 2.11. The fourth-order valence-corrected chi connectivity index (χ4v) is 2.83. The van der Waals surface area contributed by atoms with Crippen molar-refractivity contribution in [2.75, 3.05) is 26.6 Å². The molecule has 5 nitrogen and oxygen atoms in total. The van der Waals surface area contributed by atoms with Crippen molar-refractivity contribution in [2.45, 2.75) is 0 Å². The molecule has 2 aromatic rings. The fraction of sp³-hybridized carbons (Fsp3) is 0.167. The molecule has 0 aromatic heterocycles. The average molecular weight is 346 g/mol. The number of methoxy groups -OCH3 is 3. The lowest BCUT2D eigenvalue weighted by Crippen LogP contribution is -2.03. The van der Waals surface area contributed by atoms with Gasteiger partial charge in [0.15, 0.2) is 11.5 Å². The van der Waals surface area contributed by atoms with Crippen LogP contribution in [0.2, 0.25) is 5.02 Å². The van der Waals surface area contributed by atoms with E-state index in [1.165, 1.54) is 0 Å². The van der Waals surface area contributed by atoms with E-state index in [-0.39, 0.29) is 5.91 Å². The van der Waals surface area contributed by atoms with Crippen LogP contribution in [0.15, 0.2) is 30.3 Å². The van der Waals surface area contributed by atoms with E-state index < -0.39 is 0 Å². The summed E-state index contributed by atoms with van der Waals surface area (Å²) in [5.74, 6) is 1.38. The van der Waals surface area contributed by atoms with Gasteiger partial charge in [-0.25, -0.2) is 0 Å². The van der Waals surface area contributed by atoms with Crippen LogP contribution in [-0.4, -0.2) is 27.2 Å². The van der Waals surface area contributed by atoms with Gasteiger partial charge in [-0.05, 0) is 35.9 Å². The van der Waals surface area contributed by atoms with Crippen LogP contribution in [0.4, 0.5) is 5.69 Å². The van der Waals surface area contributed by atoms with Gasteiger partial charge in [0.05, 0.1) is 27.0 Å². The number of ether oxygens (including phenoxy) is 3. The molecule has 6 heteroatoms. The van der Waals surface area contributed by atoms with Crippen molar-refractivity contribution in [3.63, 3.8) is 0 Å². The van der Waals surface area contributed by atoms with Crippen LogP contribution in [0, 0.1) is 0 Å². The van der Waals surface area contributed by atoms with Gasteiger partial charge in [0.1, 0.15) is 0 Å². The maximum Gasteiger partial charge on any atom is 0.256 e. The molecule has 0 aliphatic carbocycles. The summed E-state index contributed by atoms with van der Waals surface area (Å²) >= 11 is 5.97. The molecule has 0 spiro atoms. The number of hydrogen-bond acceptors (Lipinski definition) is 4. The number of rotatable bonds is 4. The largest absolute Gasteiger partial charge is 0.493 e. The molecular formula is C18H16ClNO4. The summed E-state index contributed by atoms with van der Waals surface area (Å²) in [6.45, 7) is 0. The molecule has 0 saturated carbocycles. The Bertz CT molecular complexity index is 820. The molecule has 3 rings (SSSR count). The predicted octanol–water partition coefficient (Wildman–Crippen LogP) is 3.86. The molecule has 24 heavy (non-hydrogen) atoms. The lowest BCUT2D eigenvalue weighted by Gasteiger charge is -2.13. The number of benzene rings is 2. The summed E-state index contributed by atoms with van der Waals surface area (Å²) in [6, 6.07) is 8.87. The third kappa shape index (κ3) is 2.78. The van der Waals surface area contributed by atoms with Gasteiger partial charge in [0, 0.05) is 16.2 Å². The second-order valence-electron chi connectivity index (χ2n) is 5.16. The first-order valence-corrected chi connectivity index (χ1v) is 7.58. The molecule has 0 saturated heterocycles. The second-order valence-corrected chi connectivity index (χ2v) is 5.60. The monoisotopic (exact) mass is 345 g/mol. The summed E-state index contributed by atoms with van der Waals surface area (Å²) in [4.78, 5) is 12.3. The van der Waals surface area contributed by atoms with Gasteiger partial charge < -0.3 is 19.5 Å². The lowest BCUT2D eigenvalue weighted by molar-refractivity contribution is -0.110. The number of hydrogen-bond donors (Lipinski definition) is 1. The minimum atomic E-state index is -0.180. The first kappa shape index (κ1) is 16.2. The van der Waals surface area contributed by atoms with Crippen molar-refractivity contribution < 1.29 is 19.0 Å². The third-order valence-corrected chi connectivity index (χ3v) is 4.00. The van der Waals surface area contributed by atoms with Crippen LogP contribution >= 0.6 is 11.6 Å². The predicted molar refractivity (Wildman–Crippen MR) is 94.1 cm³/mol. The fourth-order valence-electron chi connectivity index (χ4n) is 2.66. The second kappa shape index (κ2) is 6.45. The van der Waals surface area contributed by atoms with E-state index in [2.05, 4.69) is 5.32 Å². The van der Waals surface area contributed by atoms with Gasteiger partial charge in [0.2, 0.25) is 5.75 Å². The highest BCUT2D eigenvalue weighted by Crippen LogP contribution is 2.40. The van der Waals surface area contributed by atoms with Gasteiger partial charge in [-0.1, -0.05) is 17.7 Å². The third-order valence-electron chi connectivity index (χ3n) is 3.76. The maximum atomic E-state index is 12.3. The number of nitrogens with one attached hydrogen (secondary N) is 1. The molecule has 0 fully saturated rings. The van der Waals surface area contributed by atoms with Gasteiger partial charge in [-0.3, -0.25) is 4.79 Å². The Hall–Kier alpha value is -2.66. The Morgan fingerprint density at radius 2 is 1.67 bits per heavy atom. The molecule has 1 amide bonds. The normalized spacial score (nSPS) is 14.3. The van der Waals surface area contributed by atoms with E-state index in [0.717, 1.165) is 11.1 Å². The van der Waals surface area contributed by atoms with Gasteiger partial charge in [0.25, 0.3) is 5.91 Å². The average Bonchev–Trinajstić information content (AvgIpc) is 2.88. The molecule has 0 bridgehead atoms. The van der Waals surface area contributed by atoms with E-state index in [9.17, 15) is 4.79 Å². The number of amides is 1. The molecule has 1 N–H and O–H groups in total. The number of fused-ring (bicyclic) bond motifs is 1. The smallest absolute Gasteiger partial charge is 0.256 e. The van der Waals surface area contributed by atoms with Crippen molar-refractivity contribution in [1.29, 1.82) is 0 Å². The number of carbonyl (C=O) groups is 1. The van der Waals surface area contributed by atoms with Crippen LogP contribution in [0.5, 0.6) is 17.2 Å². The Kier molecular flexibility index (Phi) is 4.36. The number of anilines is 1. The maximum absolute atomic E-state index is 12.3. The first-order valence-electron chi connectivity index (χ1n) is 7.20. The van der Waals surface area contributed by atoms with Crippen molar-refractivity contribution in [1.82, 2.24) is 0 Å². The van der Waals surface area contributed by atoms with E-state index in [4.69, 9.17) is 25.8 Å². The van der Waals surface area contributed by atoms with Crippen LogP contribution in [0.25, 0.3) is 11.6 Å². The summed E-state index contributed by atoms with van der Waals surface area (Å²) in [6.07, 6.45) is 1.78. The van der Waals surface area contributed by atoms with Crippen LogP contribution < -0.4 is 19.5 Å². The molecule has 0 radical (unpaired) electrons. The zero-order valence-corrected chi connectivity index (χ0v) is 14.2. The molecule has 124 valence electrons. The zero-order valence-electron chi connectivity index (χ0n) is 13.5. The topological polar surface area (TPSA) is 56.8 Å². The number of halogens is 1. The SMILES string of the molecule is COc1cc(/C=C2\C(=O)Nc3cc(Cl)ccc32)cc(OC)c1OC. The molecule has 1 aliphatic heterocycles. The van der Waals surface area contributed by atoms with Crippen molar-refractivity contribution >= 4 is 34.8 Å². The Morgan fingerprint density at radius 3 is 2.25 bits per heavy atom. The van der Waals surface area contributed by atoms with Gasteiger partial charge >= 0.3 is 0 Å². The molecule has 1 aliphatic rings. The summed E-state index contributed by atoms with van der Waals surface area (Å²) in [7, 11) is 4.64. The highest BCUT2D eigenvalue weighted by molar-refractivity contribution is 6.36. The van der Waals surface area contributed by atoms with Crippen LogP contribution in [-0.2, 0) is 4.79 Å². The first-order chi connectivity index (χ1) is 11.6. The van der Waals surface area contributed by atoms with Crippen molar-refractivity contribution in [3.05, 3.63) is 46.5 Å². The summed E-state index contributed by atoms with van der Waals surface area (Å²) in [5.41, 5.74) is 2.82. The van der Waals surface area contributed by atoms with Crippen LogP contribution in [0.3, 0.4) is 0 Å². The van der Waals surface area contributed by atoms with E-state index in [1.807, 2.05) is 6.07 Å². The standard InChI is InChI=1S/C18H16ClNO4/c1-22-15-7-10(8-16(23-2)17(15)24-3)6-13-12-5-4-11(19)9-14(12)20-18(13)21/h4-9H,1-3H3,(H,20,21)/b13-6-. The van der Waals surface area contributed by atoms with E-state index in [1.54, 1.807) is 51.7 Å².